The highest BCUT2D eigenvalue weighted by Gasteiger charge is 2.43. The first kappa shape index (κ1) is 19.4. The topological polar surface area (TPSA) is 100 Å². The SMILES string of the molecule is Cc1c(F)c(NC(C)C)c2[nH]ncc2c1-c1cn2cc(NC(=O)C3CC3F)nc2cn1. The molecule has 31 heavy (non-hydrogen) atoms. The molecule has 1 aliphatic carbocycles. The molecule has 8 nitrogen and oxygen atoms in total. The van der Waals surface area contributed by atoms with Crippen LogP contribution in [0, 0.1) is 18.7 Å². The molecule has 1 amide bonds. The van der Waals surface area contributed by atoms with Crippen molar-refractivity contribution in [2.75, 3.05) is 10.6 Å². The van der Waals surface area contributed by atoms with Crippen LogP contribution in [0.1, 0.15) is 25.8 Å². The number of imidazole rings is 1. The van der Waals surface area contributed by atoms with Gasteiger partial charge < -0.3 is 15.0 Å². The fraction of sp³-hybridized carbons (Fsp3) is 0.333. The van der Waals surface area contributed by atoms with Gasteiger partial charge in [-0.1, -0.05) is 0 Å². The first-order chi connectivity index (χ1) is 14.8. The summed E-state index contributed by atoms with van der Waals surface area (Å²) in [6.45, 7) is 5.58. The zero-order valence-electron chi connectivity index (χ0n) is 17.2. The molecule has 1 saturated carbocycles. The number of alkyl halides is 1. The van der Waals surface area contributed by atoms with E-state index < -0.39 is 12.1 Å². The second-order valence-corrected chi connectivity index (χ2v) is 8.16. The van der Waals surface area contributed by atoms with Gasteiger partial charge in [0.05, 0.1) is 41.4 Å². The lowest BCUT2D eigenvalue weighted by Gasteiger charge is -2.16. The summed E-state index contributed by atoms with van der Waals surface area (Å²) in [5.41, 5.74) is 3.05. The van der Waals surface area contributed by atoms with E-state index in [0.29, 0.717) is 39.5 Å². The molecule has 0 bridgehead atoms. The van der Waals surface area contributed by atoms with Gasteiger partial charge in [-0.05, 0) is 32.8 Å². The number of aromatic amines is 1. The Morgan fingerprint density at radius 3 is 2.81 bits per heavy atom. The lowest BCUT2D eigenvalue weighted by atomic mass is 9.99. The van der Waals surface area contributed by atoms with E-state index in [4.69, 9.17) is 0 Å². The second kappa shape index (κ2) is 7.00. The average Bonchev–Trinajstić information content (AvgIpc) is 3.11. The summed E-state index contributed by atoms with van der Waals surface area (Å²) in [4.78, 5) is 20.8. The predicted molar refractivity (Wildman–Crippen MR) is 113 cm³/mol. The summed E-state index contributed by atoms with van der Waals surface area (Å²) in [7, 11) is 0. The highest BCUT2D eigenvalue weighted by Crippen LogP contribution is 2.38. The van der Waals surface area contributed by atoms with Crippen LogP contribution in [0.25, 0.3) is 27.8 Å². The van der Waals surface area contributed by atoms with Gasteiger partial charge in [-0.2, -0.15) is 5.10 Å². The van der Waals surface area contributed by atoms with Crippen LogP contribution >= 0.6 is 0 Å². The third-order valence-corrected chi connectivity index (χ3v) is 5.41. The van der Waals surface area contributed by atoms with Gasteiger partial charge in [-0.3, -0.25) is 14.9 Å². The Labute approximate surface area is 176 Å². The van der Waals surface area contributed by atoms with Crippen molar-refractivity contribution in [3.05, 3.63) is 36.2 Å². The van der Waals surface area contributed by atoms with Crippen molar-refractivity contribution in [3.8, 4) is 11.3 Å². The maximum atomic E-state index is 15.3. The Hall–Kier alpha value is -3.56. The lowest BCUT2D eigenvalue weighted by molar-refractivity contribution is -0.117. The molecule has 0 aliphatic heterocycles. The number of H-pyrrole nitrogens is 1. The third kappa shape index (κ3) is 3.28. The van der Waals surface area contributed by atoms with Gasteiger partial charge in [0.2, 0.25) is 5.91 Å². The highest BCUT2D eigenvalue weighted by atomic mass is 19.1. The van der Waals surface area contributed by atoms with E-state index in [0.717, 1.165) is 5.39 Å². The molecule has 160 valence electrons. The fourth-order valence-corrected chi connectivity index (χ4v) is 3.77. The minimum absolute atomic E-state index is 0.0450. The first-order valence-electron chi connectivity index (χ1n) is 10.0. The quantitative estimate of drug-likeness (QED) is 0.451. The maximum absolute atomic E-state index is 15.3. The number of anilines is 2. The van der Waals surface area contributed by atoms with Crippen molar-refractivity contribution >= 4 is 34.0 Å². The van der Waals surface area contributed by atoms with Crippen molar-refractivity contribution in [1.82, 2.24) is 24.6 Å². The van der Waals surface area contributed by atoms with Gasteiger partial charge in [0.25, 0.3) is 0 Å². The molecule has 3 aromatic heterocycles. The first-order valence-corrected chi connectivity index (χ1v) is 10.0. The van der Waals surface area contributed by atoms with Crippen molar-refractivity contribution in [2.45, 2.75) is 39.4 Å². The molecule has 5 rings (SSSR count). The van der Waals surface area contributed by atoms with Gasteiger partial charge in [0.15, 0.2) is 17.3 Å². The number of amides is 1. The summed E-state index contributed by atoms with van der Waals surface area (Å²) in [6, 6.07) is 0.0450. The zero-order valence-corrected chi connectivity index (χ0v) is 17.2. The number of carbonyl (C=O) groups excluding carboxylic acids is 1. The number of carbonyl (C=O) groups is 1. The third-order valence-electron chi connectivity index (χ3n) is 5.41. The Morgan fingerprint density at radius 1 is 1.32 bits per heavy atom. The van der Waals surface area contributed by atoms with Crippen LogP contribution in [0.2, 0.25) is 0 Å². The van der Waals surface area contributed by atoms with Gasteiger partial charge in [-0.15, -0.1) is 0 Å². The molecule has 2 unspecified atom stereocenters. The van der Waals surface area contributed by atoms with Crippen LogP contribution in [0.15, 0.2) is 24.8 Å². The van der Waals surface area contributed by atoms with Crippen LogP contribution in [0.5, 0.6) is 0 Å². The van der Waals surface area contributed by atoms with Crippen molar-refractivity contribution in [3.63, 3.8) is 0 Å². The molecule has 1 aromatic carbocycles. The minimum atomic E-state index is -1.08. The Bertz CT molecular complexity index is 1330. The molecule has 2 atom stereocenters. The van der Waals surface area contributed by atoms with Crippen LogP contribution in [-0.4, -0.2) is 42.7 Å². The highest BCUT2D eigenvalue weighted by molar-refractivity contribution is 6.02. The van der Waals surface area contributed by atoms with Crippen LogP contribution < -0.4 is 10.6 Å². The summed E-state index contributed by atoms with van der Waals surface area (Å²) in [5.74, 6) is -1.03. The van der Waals surface area contributed by atoms with E-state index in [1.165, 1.54) is 0 Å². The summed E-state index contributed by atoms with van der Waals surface area (Å²) < 4.78 is 30.1. The molecule has 3 heterocycles. The summed E-state index contributed by atoms with van der Waals surface area (Å²) in [6.07, 6.45) is 5.71. The standard InChI is InChI=1S/C21H21F2N7O/c1-9(2)26-20-18(23)10(3)17(12-5-25-29-19(12)20)14-7-30-8-15(27-16(30)6-24-14)28-21(31)11-4-13(11)22/h5-9,11,13,26H,4H2,1-3H3,(H,25,29)(H,28,31). The summed E-state index contributed by atoms with van der Waals surface area (Å²) in [5, 5.41) is 13.5. The zero-order chi connectivity index (χ0) is 21.9. The van der Waals surface area contributed by atoms with Gasteiger partial charge in [0.1, 0.15) is 6.17 Å². The van der Waals surface area contributed by atoms with E-state index in [1.807, 2.05) is 13.8 Å². The molecular weight excluding hydrogens is 404 g/mol. The van der Waals surface area contributed by atoms with E-state index in [-0.39, 0.29) is 24.2 Å². The van der Waals surface area contributed by atoms with Gasteiger partial charge >= 0.3 is 0 Å². The normalized spacial score (nSPS) is 18.1. The lowest BCUT2D eigenvalue weighted by Crippen LogP contribution is -2.15. The molecule has 0 radical (unpaired) electrons. The van der Waals surface area contributed by atoms with E-state index in [1.54, 1.807) is 36.1 Å². The van der Waals surface area contributed by atoms with Gasteiger partial charge in [0, 0.05) is 23.2 Å². The number of nitrogens with zero attached hydrogens (tertiary/aromatic N) is 4. The van der Waals surface area contributed by atoms with Crippen molar-refractivity contribution in [2.24, 2.45) is 5.92 Å². The Kier molecular flexibility index (Phi) is 4.38. The second-order valence-electron chi connectivity index (χ2n) is 8.16. The molecule has 4 aromatic rings. The van der Waals surface area contributed by atoms with Crippen LogP contribution in [0.3, 0.4) is 0 Å². The van der Waals surface area contributed by atoms with Crippen molar-refractivity contribution < 1.29 is 13.6 Å². The molecule has 0 spiro atoms. The monoisotopic (exact) mass is 425 g/mol. The molecular formula is C21H21F2N7O. The molecule has 10 heteroatoms. The van der Waals surface area contributed by atoms with E-state index in [2.05, 4.69) is 30.8 Å². The average molecular weight is 425 g/mol. The smallest absolute Gasteiger partial charge is 0.231 e. The number of hydrogen-bond acceptors (Lipinski definition) is 5. The largest absolute Gasteiger partial charge is 0.379 e. The minimum Gasteiger partial charge on any atom is -0.379 e. The Morgan fingerprint density at radius 2 is 2.10 bits per heavy atom. The van der Waals surface area contributed by atoms with Crippen LogP contribution in [-0.2, 0) is 4.79 Å². The Balaban J connectivity index is 1.57. The number of halogens is 2. The number of hydrogen-bond donors (Lipinski definition) is 3. The van der Waals surface area contributed by atoms with E-state index in [9.17, 15) is 9.18 Å². The molecule has 1 fully saturated rings. The number of rotatable bonds is 5. The van der Waals surface area contributed by atoms with E-state index >= 15 is 4.39 Å². The van der Waals surface area contributed by atoms with Crippen molar-refractivity contribution in [1.29, 1.82) is 0 Å². The maximum Gasteiger partial charge on any atom is 0.231 e. The molecule has 0 saturated heterocycles. The predicted octanol–water partition coefficient (Wildman–Crippen LogP) is 3.84. The van der Waals surface area contributed by atoms with Gasteiger partial charge in [-0.25, -0.2) is 13.8 Å². The fourth-order valence-electron chi connectivity index (χ4n) is 3.77. The summed E-state index contributed by atoms with van der Waals surface area (Å²) >= 11 is 0. The number of nitrogens with one attached hydrogen (secondary N) is 3. The molecule has 1 aliphatic rings. The van der Waals surface area contributed by atoms with Crippen LogP contribution in [0.4, 0.5) is 20.3 Å². The number of fused-ring (bicyclic) bond motifs is 2. The number of aromatic nitrogens is 5. The number of benzene rings is 1. The molecule has 3 N–H and O–H groups in total.